The summed E-state index contributed by atoms with van der Waals surface area (Å²) in [6, 6.07) is 3.08. The maximum absolute atomic E-state index is 15.6. The lowest BCUT2D eigenvalue weighted by Gasteiger charge is -2.40. The minimum Gasteiger partial charge on any atom is -0.350 e. The van der Waals surface area contributed by atoms with Crippen molar-refractivity contribution in [3.63, 3.8) is 0 Å². The van der Waals surface area contributed by atoms with Crippen LogP contribution in [-0.4, -0.2) is 71.0 Å². The molecule has 0 aromatic carbocycles. The Morgan fingerprint density at radius 2 is 2.10 bits per heavy atom. The van der Waals surface area contributed by atoms with E-state index in [1.807, 2.05) is 37.9 Å². The van der Waals surface area contributed by atoms with Crippen molar-refractivity contribution in [2.45, 2.75) is 50.1 Å². The number of pyridine rings is 2. The zero-order valence-electron chi connectivity index (χ0n) is 22.4. The number of halogens is 1. The van der Waals surface area contributed by atoms with Gasteiger partial charge in [0.1, 0.15) is 10.8 Å². The second kappa shape index (κ2) is 10.1. The van der Waals surface area contributed by atoms with E-state index in [-0.39, 0.29) is 22.9 Å². The van der Waals surface area contributed by atoms with E-state index >= 15 is 4.39 Å². The van der Waals surface area contributed by atoms with Crippen LogP contribution in [0.3, 0.4) is 0 Å². The van der Waals surface area contributed by atoms with Crippen LogP contribution in [0, 0.1) is 5.82 Å². The fourth-order valence-corrected chi connectivity index (χ4v) is 6.10. The predicted molar refractivity (Wildman–Crippen MR) is 149 cm³/mol. The maximum Gasteiger partial charge on any atom is 0.355 e. The number of carbonyl (C=O) groups is 1. The zero-order chi connectivity index (χ0) is 28.1. The van der Waals surface area contributed by atoms with E-state index in [0.29, 0.717) is 65.9 Å². The molecule has 0 unspecified atom stereocenters. The Kier molecular flexibility index (Phi) is 6.61. The minimum atomic E-state index is -0.540. The number of anilines is 1. The van der Waals surface area contributed by atoms with Crippen molar-refractivity contribution in [1.82, 2.24) is 39.4 Å². The van der Waals surface area contributed by atoms with Crippen LogP contribution in [0.2, 0.25) is 0 Å². The minimum absolute atomic E-state index is 0.0272. The Hall–Kier alpha value is -4.13. The number of aromatic nitrogens is 7. The van der Waals surface area contributed by atoms with Gasteiger partial charge in [0.2, 0.25) is 5.91 Å². The Morgan fingerprint density at radius 3 is 2.85 bits per heavy atom. The molecule has 1 fully saturated rings. The summed E-state index contributed by atoms with van der Waals surface area (Å²) in [5.74, 6) is 0.0186. The van der Waals surface area contributed by atoms with Gasteiger partial charge in [-0.2, -0.15) is 4.98 Å². The number of hydrogen-bond acceptors (Lipinski definition) is 9. The predicted octanol–water partition coefficient (Wildman–Crippen LogP) is 2.91. The largest absolute Gasteiger partial charge is 0.355 e. The highest BCUT2D eigenvalue weighted by molar-refractivity contribution is 7.98. The summed E-state index contributed by atoms with van der Waals surface area (Å²) in [7, 11) is 0. The van der Waals surface area contributed by atoms with Crippen molar-refractivity contribution in [1.29, 1.82) is 0 Å². The molecule has 4 aromatic heterocycles. The number of piperazine rings is 1. The van der Waals surface area contributed by atoms with Gasteiger partial charge < -0.3 is 9.80 Å². The van der Waals surface area contributed by atoms with Gasteiger partial charge in [-0.1, -0.05) is 37.4 Å². The summed E-state index contributed by atoms with van der Waals surface area (Å²) in [6.07, 6.45) is 4.82. The Bertz CT molecular complexity index is 1720. The summed E-state index contributed by atoms with van der Waals surface area (Å²) in [5, 5.41) is 9.04. The smallest absolute Gasteiger partial charge is 0.350 e. The molecule has 1 amide bonds. The first-order chi connectivity index (χ1) is 19.2. The topological polar surface area (TPSA) is 115 Å². The van der Waals surface area contributed by atoms with E-state index in [1.165, 1.54) is 28.5 Å². The molecule has 206 valence electrons. The van der Waals surface area contributed by atoms with Gasteiger partial charge in [-0.25, -0.2) is 23.4 Å². The Balaban J connectivity index is 1.62. The van der Waals surface area contributed by atoms with Crippen LogP contribution in [-0.2, 0) is 17.1 Å². The van der Waals surface area contributed by atoms with Crippen LogP contribution in [0.4, 0.5) is 10.2 Å². The van der Waals surface area contributed by atoms with Gasteiger partial charge in [-0.3, -0.25) is 9.78 Å². The molecule has 0 aliphatic carbocycles. The lowest BCUT2D eigenvalue weighted by Crippen LogP contribution is -2.54. The van der Waals surface area contributed by atoms with Gasteiger partial charge in [0.25, 0.3) is 0 Å². The van der Waals surface area contributed by atoms with Gasteiger partial charge in [0.15, 0.2) is 11.5 Å². The SMILES string of the molecule is C=CC(=O)N1CCN(c2nc(=O)n3c4nc(c(F)cc24)SCc2cn(nn2)Cc2ccnc(C(C)C)c2-3)[C@@H](C)C1. The van der Waals surface area contributed by atoms with Gasteiger partial charge >= 0.3 is 5.69 Å². The molecule has 4 aromatic rings. The molecular weight excluding hydrogens is 533 g/mol. The molecule has 2 aliphatic heterocycles. The molecule has 6 rings (SSSR count). The molecule has 40 heavy (non-hydrogen) atoms. The van der Waals surface area contributed by atoms with Crippen LogP contribution in [0.15, 0.2) is 47.0 Å². The quantitative estimate of drug-likeness (QED) is 0.348. The number of hydrogen-bond donors (Lipinski definition) is 0. The lowest BCUT2D eigenvalue weighted by atomic mass is 10.0. The third-order valence-electron chi connectivity index (χ3n) is 7.24. The molecule has 0 spiro atoms. The number of nitrogens with zero attached hydrogens (tertiary/aromatic N) is 9. The second-order valence-corrected chi connectivity index (χ2v) is 11.2. The zero-order valence-corrected chi connectivity index (χ0v) is 23.2. The van der Waals surface area contributed by atoms with Crippen LogP contribution in [0.5, 0.6) is 0 Å². The number of fused-ring (bicyclic) bond motifs is 5. The fourth-order valence-electron chi connectivity index (χ4n) is 5.33. The van der Waals surface area contributed by atoms with Gasteiger partial charge in [-0.05, 0) is 31.1 Å². The van der Waals surface area contributed by atoms with Crippen LogP contribution in [0.1, 0.15) is 43.6 Å². The molecular formula is C27H28FN9O2S. The molecule has 0 saturated carbocycles. The number of rotatable bonds is 3. The summed E-state index contributed by atoms with van der Waals surface area (Å²) < 4.78 is 18.8. The highest BCUT2D eigenvalue weighted by Gasteiger charge is 2.31. The number of thioether (sulfide) groups is 1. The van der Waals surface area contributed by atoms with Crippen molar-refractivity contribution < 1.29 is 9.18 Å². The van der Waals surface area contributed by atoms with Crippen molar-refractivity contribution >= 4 is 34.5 Å². The summed E-state index contributed by atoms with van der Waals surface area (Å²) >= 11 is 1.20. The maximum atomic E-state index is 15.6. The van der Waals surface area contributed by atoms with Gasteiger partial charge in [0, 0.05) is 49.4 Å². The molecule has 0 radical (unpaired) electrons. The summed E-state index contributed by atoms with van der Waals surface area (Å²) in [5.41, 5.74) is 2.50. The van der Waals surface area contributed by atoms with E-state index in [9.17, 15) is 9.59 Å². The first-order valence-electron chi connectivity index (χ1n) is 13.1. The monoisotopic (exact) mass is 561 g/mol. The third kappa shape index (κ3) is 4.43. The molecule has 2 aliphatic rings. The second-order valence-electron chi connectivity index (χ2n) is 10.3. The molecule has 13 heteroatoms. The van der Waals surface area contributed by atoms with Crippen molar-refractivity contribution in [2.24, 2.45) is 0 Å². The molecule has 4 bridgehead atoms. The van der Waals surface area contributed by atoms with Gasteiger partial charge in [-0.15, -0.1) is 5.10 Å². The third-order valence-corrected chi connectivity index (χ3v) is 8.24. The number of amides is 1. The molecule has 1 saturated heterocycles. The van der Waals surface area contributed by atoms with E-state index in [1.54, 1.807) is 15.8 Å². The normalized spacial score (nSPS) is 17.1. The van der Waals surface area contributed by atoms with Crippen LogP contribution >= 0.6 is 11.8 Å². The summed E-state index contributed by atoms with van der Waals surface area (Å²) in [6.45, 7) is 11.2. The highest BCUT2D eigenvalue weighted by Crippen LogP contribution is 2.34. The Labute approximate surface area is 233 Å². The lowest BCUT2D eigenvalue weighted by molar-refractivity contribution is -0.126. The average Bonchev–Trinajstić information content (AvgIpc) is 3.38. The Morgan fingerprint density at radius 1 is 1.27 bits per heavy atom. The first-order valence-corrected chi connectivity index (χ1v) is 14.0. The van der Waals surface area contributed by atoms with E-state index < -0.39 is 11.5 Å². The highest BCUT2D eigenvalue weighted by atomic mass is 32.2. The van der Waals surface area contributed by atoms with Crippen molar-refractivity contribution in [2.75, 3.05) is 24.5 Å². The fraction of sp³-hybridized carbons (Fsp3) is 0.370. The molecule has 11 nitrogen and oxygen atoms in total. The molecule has 1 atom stereocenters. The van der Waals surface area contributed by atoms with E-state index in [2.05, 4.69) is 26.9 Å². The molecule has 6 heterocycles. The van der Waals surface area contributed by atoms with Crippen LogP contribution < -0.4 is 10.6 Å². The molecule has 0 N–H and O–H groups in total. The first kappa shape index (κ1) is 26.1. The van der Waals surface area contributed by atoms with Crippen molar-refractivity contribution in [3.8, 4) is 5.69 Å². The standard InChI is InChI=1S/C27H28FN9O2S/c1-5-21(38)34-8-9-36(16(4)11-34)24-19-10-20(28)26-30-25(19)37(27(39)31-24)23-17(6-7-29-22(23)15(2)3)12-35-13-18(14-40-26)32-33-35/h5-7,10,13,15-16H,1,8-9,11-12,14H2,2-4H3/t16-/m0/s1. The summed E-state index contributed by atoms with van der Waals surface area (Å²) in [4.78, 5) is 43.7. The van der Waals surface area contributed by atoms with Crippen molar-refractivity contribution in [3.05, 3.63) is 70.4 Å². The van der Waals surface area contributed by atoms with Gasteiger partial charge in [0.05, 0.1) is 29.0 Å². The van der Waals surface area contributed by atoms with E-state index in [0.717, 1.165) is 5.56 Å². The number of carbonyl (C=O) groups excluding carboxylic acids is 1. The van der Waals surface area contributed by atoms with Crippen LogP contribution in [0.25, 0.3) is 16.7 Å². The van der Waals surface area contributed by atoms with E-state index in [4.69, 9.17) is 4.98 Å². The average molecular weight is 562 g/mol.